The first-order valence-corrected chi connectivity index (χ1v) is 8.62. The molecule has 0 aromatic heterocycles. The van der Waals surface area contributed by atoms with Gasteiger partial charge in [-0.1, -0.05) is 12.1 Å². The van der Waals surface area contributed by atoms with Crippen LogP contribution in [0.15, 0.2) is 24.3 Å². The van der Waals surface area contributed by atoms with Gasteiger partial charge in [-0.25, -0.2) is 0 Å². The second kappa shape index (κ2) is 7.79. The second-order valence-electron chi connectivity index (χ2n) is 6.64. The molecule has 1 heterocycles. The highest BCUT2D eigenvalue weighted by Gasteiger charge is 2.23. The van der Waals surface area contributed by atoms with Crippen molar-refractivity contribution < 1.29 is 14.6 Å². The first kappa shape index (κ1) is 16.3. The summed E-state index contributed by atoms with van der Waals surface area (Å²) in [5.74, 6) is -0.103. The molecule has 1 aromatic carbocycles. The van der Waals surface area contributed by atoms with Gasteiger partial charge in [0.15, 0.2) is 0 Å². The van der Waals surface area contributed by atoms with E-state index < -0.39 is 5.97 Å². The molecule has 1 saturated heterocycles. The maximum atomic E-state index is 11.2. The summed E-state index contributed by atoms with van der Waals surface area (Å²) in [6, 6.07) is 8.27. The van der Waals surface area contributed by atoms with Gasteiger partial charge in [0.1, 0.15) is 5.75 Å². The van der Waals surface area contributed by atoms with Gasteiger partial charge in [0.25, 0.3) is 0 Å². The number of benzene rings is 1. The van der Waals surface area contributed by atoms with Gasteiger partial charge in [0.05, 0.1) is 12.0 Å². The van der Waals surface area contributed by atoms with Crippen LogP contribution in [0.4, 0.5) is 0 Å². The molecule has 3 rings (SSSR count). The Balaban J connectivity index is 1.55. The molecular formula is C18H26N2O3. The average molecular weight is 318 g/mol. The van der Waals surface area contributed by atoms with Crippen molar-refractivity contribution in [3.8, 4) is 5.75 Å². The van der Waals surface area contributed by atoms with Gasteiger partial charge >= 0.3 is 5.97 Å². The predicted molar refractivity (Wildman–Crippen MR) is 88.6 cm³/mol. The number of carbonyl (C=O) groups is 1. The Morgan fingerprint density at radius 3 is 2.70 bits per heavy atom. The van der Waals surface area contributed by atoms with Crippen LogP contribution in [0, 0.1) is 5.92 Å². The van der Waals surface area contributed by atoms with Crippen LogP contribution in [0.1, 0.15) is 31.2 Å². The van der Waals surface area contributed by atoms with Gasteiger partial charge in [0, 0.05) is 32.7 Å². The number of nitrogens with one attached hydrogen (secondary N) is 1. The number of hydrogen-bond donors (Lipinski definition) is 2. The van der Waals surface area contributed by atoms with Crippen molar-refractivity contribution in [1.29, 1.82) is 0 Å². The number of aliphatic carboxylic acids is 1. The minimum atomic E-state index is -0.718. The molecule has 5 nitrogen and oxygen atoms in total. The zero-order chi connectivity index (χ0) is 16.1. The lowest BCUT2D eigenvalue weighted by atomic mass is 10.1. The minimum Gasteiger partial charge on any atom is -0.490 e. The maximum absolute atomic E-state index is 11.2. The van der Waals surface area contributed by atoms with E-state index in [2.05, 4.69) is 22.3 Å². The number of nitrogens with zero attached hydrogens (tertiary/aromatic N) is 1. The van der Waals surface area contributed by atoms with Crippen LogP contribution in [0.5, 0.6) is 5.75 Å². The van der Waals surface area contributed by atoms with Crippen LogP contribution >= 0.6 is 0 Å². The van der Waals surface area contributed by atoms with Crippen molar-refractivity contribution in [3.05, 3.63) is 29.8 Å². The first-order chi connectivity index (χ1) is 11.2. The third-order valence-electron chi connectivity index (χ3n) is 4.76. The van der Waals surface area contributed by atoms with Gasteiger partial charge in [-0.2, -0.15) is 0 Å². The fourth-order valence-corrected chi connectivity index (χ4v) is 3.42. The van der Waals surface area contributed by atoms with E-state index in [1.165, 1.54) is 31.2 Å². The number of hydrogen-bond acceptors (Lipinski definition) is 4. The molecule has 1 aliphatic heterocycles. The van der Waals surface area contributed by atoms with E-state index in [1.54, 1.807) is 0 Å². The van der Waals surface area contributed by atoms with Crippen molar-refractivity contribution in [2.45, 2.75) is 38.3 Å². The lowest BCUT2D eigenvalue weighted by Gasteiger charge is -2.22. The molecule has 0 bridgehead atoms. The fraction of sp³-hybridized carbons (Fsp3) is 0.611. The molecule has 0 amide bonds. The van der Waals surface area contributed by atoms with Gasteiger partial charge in [-0.05, 0) is 43.4 Å². The van der Waals surface area contributed by atoms with Crippen molar-refractivity contribution in [1.82, 2.24) is 10.2 Å². The van der Waals surface area contributed by atoms with Gasteiger partial charge in [-0.15, -0.1) is 0 Å². The van der Waals surface area contributed by atoms with E-state index in [0.717, 1.165) is 25.4 Å². The molecule has 5 heteroatoms. The predicted octanol–water partition coefficient (Wildman–Crippen LogP) is 2.11. The molecule has 1 aliphatic carbocycles. The molecule has 2 N–H and O–H groups in total. The molecule has 0 radical (unpaired) electrons. The van der Waals surface area contributed by atoms with Crippen LogP contribution in [-0.2, 0) is 11.3 Å². The molecule has 1 aromatic rings. The highest BCUT2D eigenvalue weighted by molar-refractivity contribution is 5.70. The highest BCUT2D eigenvalue weighted by atomic mass is 16.5. The minimum absolute atomic E-state index is 0.331. The summed E-state index contributed by atoms with van der Waals surface area (Å²) in [6.07, 6.45) is 5.26. The summed E-state index contributed by atoms with van der Waals surface area (Å²) in [7, 11) is 0. The topological polar surface area (TPSA) is 61.8 Å². The van der Waals surface area contributed by atoms with Crippen molar-refractivity contribution >= 4 is 5.97 Å². The van der Waals surface area contributed by atoms with Gasteiger partial charge in [0.2, 0.25) is 0 Å². The van der Waals surface area contributed by atoms with Crippen molar-refractivity contribution in [3.63, 3.8) is 0 Å². The summed E-state index contributed by atoms with van der Waals surface area (Å²) >= 11 is 0. The summed E-state index contributed by atoms with van der Waals surface area (Å²) < 4.78 is 5.99. The Morgan fingerprint density at radius 2 is 2.00 bits per heavy atom. The zero-order valence-corrected chi connectivity index (χ0v) is 13.5. The van der Waals surface area contributed by atoms with Crippen molar-refractivity contribution in [2.75, 3.05) is 26.2 Å². The molecule has 2 fully saturated rings. The van der Waals surface area contributed by atoms with Crippen LogP contribution in [0.25, 0.3) is 0 Å². The maximum Gasteiger partial charge on any atom is 0.309 e. The first-order valence-electron chi connectivity index (χ1n) is 8.62. The SMILES string of the molecule is O=C(O)[C@@H]1CNCCN(Cc2ccc(OC3CCCC3)cc2)C1. The lowest BCUT2D eigenvalue weighted by molar-refractivity contribution is -0.142. The average Bonchev–Trinajstić information content (AvgIpc) is 2.93. The molecule has 126 valence electrons. The number of carboxylic acid groups (broad SMARTS) is 1. The molecule has 23 heavy (non-hydrogen) atoms. The number of rotatable bonds is 5. The van der Waals surface area contributed by atoms with Gasteiger partial charge in [-0.3, -0.25) is 9.69 Å². The quantitative estimate of drug-likeness (QED) is 0.871. The van der Waals surface area contributed by atoms with Crippen LogP contribution in [-0.4, -0.2) is 48.3 Å². The van der Waals surface area contributed by atoms with E-state index in [-0.39, 0.29) is 5.92 Å². The molecular weight excluding hydrogens is 292 g/mol. The molecule has 0 unspecified atom stereocenters. The van der Waals surface area contributed by atoms with E-state index in [4.69, 9.17) is 4.74 Å². The summed E-state index contributed by atoms with van der Waals surface area (Å²) in [4.78, 5) is 13.4. The normalized spacial score (nSPS) is 23.6. The number of ether oxygens (including phenoxy) is 1. The monoisotopic (exact) mass is 318 g/mol. The van der Waals surface area contributed by atoms with E-state index in [9.17, 15) is 9.90 Å². The standard InChI is InChI=1S/C18H26N2O3/c21-18(22)15-11-19-9-10-20(13-15)12-14-5-7-17(8-6-14)23-16-3-1-2-4-16/h5-8,15-16,19H,1-4,9-13H2,(H,21,22)/t15-/m1/s1. The Morgan fingerprint density at radius 1 is 1.26 bits per heavy atom. The molecule has 0 spiro atoms. The summed E-state index contributed by atoms with van der Waals surface area (Å²) in [6.45, 7) is 3.66. The van der Waals surface area contributed by atoms with Crippen LogP contribution in [0.2, 0.25) is 0 Å². The summed E-state index contributed by atoms with van der Waals surface area (Å²) in [5.41, 5.74) is 1.20. The van der Waals surface area contributed by atoms with E-state index in [0.29, 0.717) is 19.2 Å². The lowest BCUT2D eigenvalue weighted by Crippen LogP contribution is -2.33. The highest BCUT2D eigenvalue weighted by Crippen LogP contribution is 2.24. The van der Waals surface area contributed by atoms with Gasteiger partial charge < -0.3 is 15.2 Å². The Labute approximate surface area is 137 Å². The van der Waals surface area contributed by atoms with Crippen molar-refractivity contribution in [2.24, 2.45) is 5.92 Å². The second-order valence-corrected chi connectivity index (χ2v) is 6.64. The molecule has 1 saturated carbocycles. The van der Waals surface area contributed by atoms with Crippen LogP contribution < -0.4 is 10.1 Å². The zero-order valence-electron chi connectivity index (χ0n) is 13.5. The largest absolute Gasteiger partial charge is 0.490 e. The third-order valence-corrected chi connectivity index (χ3v) is 4.76. The van der Waals surface area contributed by atoms with E-state index in [1.807, 2.05) is 12.1 Å². The molecule has 2 aliphatic rings. The Bertz CT molecular complexity index is 512. The third kappa shape index (κ3) is 4.69. The fourth-order valence-electron chi connectivity index (χ4n) is 3.42. The smallest absolute Gasteiger partial charge is 0.309 e. The van der Waals surface area contributed by atoms with E-state index >= 15 is 0 Å². The Kier molecular flexibility index (Phi) is 5.51. The Hall–Kier alpha value is -1.59. The number of carboxylic acids is 1. The summed E-state index contributed by atoms with van der Waals surface area (Å²) in [5, 5.41) is 12.4. The van der Waals surface area contributed by atoms with Crippen LogP contribution in [0.3, 0.4) is 0 Å². The molecule has 1 atom stereocenters.